The molecule has 1 aromatic carbocycles. The van der Waals surface area contributed by atoms with E-state index < -0.39 is 17.6 Å². The van der Waals surface area contributed by atoms with Crippen LogP contribution in [0, 0.1) is 0 Å². The Labute approximate surface area is 200 Å². The summed E-state index contributed by atoms with van der Waals surface area (Å²) in [6.45, 7) is -0.132. The number of hydrogen-bond acceptors (Lipinski definition) is 7. The zero-order valence-electron chi connectivity index (χ0n) is 17.3. The number of carbonyl (C=O) groups is 1. The van der Waals surface area contributed by atoms with Crippen LogP contribution in [0.15, 0.2) is 53.7 Å². The van der Waals surface area contributed by atoms with E-state index in [4.69, 9.17) is 17.3 Å². The molecule has 1 atom stereocenters. The van der Waals surface area contributed by atoms with Gasteiger partial charge in [0, 0.05) is 28.9 Å². The van der Waals surface area contributed by atoms with Gasteiger partial charge in [0.1, 0.15) is 17.4 Å². The predicted octanol–water partition coefficient (Wildman–Crippen LogP) is 2.30. The van der Waals surface area contributed by atoms with Crippen LogP contribution in [0.3, 0.4) is 0 Å². The fourth-order valence-electron chi connectivity index (χ4n) is 3.54. The lowest BCUT2D eigenvalue weighted by Gasteiger charge is -2.12. The molecule has 0 aliphatic carbocycles. The number of nitrogens with two attached hydrogens (primary N) is 1. The Balaban J connectivity index is 0.00000324. The molecular weight excluding hydrogens is 460 g/mol. The summed E-state index contributed by atoms with van der Waals surface area (Å²) in [7, 11) is 0. The van der Waals surface area contributed by atoms with Crippen LogP contribution >= 0.6 is 11.6 Å². The number of rotatable bonds is 7. The van der Waals surface area contributed by atoms with E-state index in [-0.39, 0.29) is 38.4 Å². The molecule has 10 nitrogen and oxygen atoms in total. The van der Waals surface area contributed by atoms with E-state index in [2.05, 4.69) is 20.4 Å². The number of H-pyrrole nitrogens is 1. The summed E-state index contributed by atoms with van der Waals surface area (Å²) in [6, 6.07) is 9.87. The van der Waals surface area contributed by atoms with Crippen LogP contribution in [0.4, 0.5) is 5.82 Å². The minimum absolute atomic E-state index is 0. The van der Waals surface area contributed by atoms with Crippen LogP contribution in [-0.2, 0) is 6.61 Å². The van der Waals surface area contributed by atoms with E-state index in [1.165, 1.54) is 23.1 Å². The number of aromatic nitrogens is 4. The molecule has 0 saturated carbocycles. The SMILES string of the molecule is C.Nc1ncnn2c(-c3c[nH]c(=O)c(C(=O)NCC[C@H](O)c4ccc(Cl)cc4)c3)cc(CO)c12. The highest BCUT2D eigenvalue weighted by atomic mass is 35.5. The molecule has 3 heterocycles. The van der Waals surface area contributed by atoms with Crippen molar-refractivity contribution < 1.29 is 15.0 Å². The van der Waals surface area contributed by atoms with Crippen molar-refractivity contribution >= 4 is 28.8 Å². The summed E-state index contributed by atoms with van der Waals surface area (Å²) in [5.41, 5.74) is 7.91. The van der Waals surface area contributed by atoms with Gasteiger partial charge in [-0.3, -0.25) is 9.59 Å². The van der Waals surface area contributed by atoms with E-state index in [0.29, 0.717) is 32.9 Å². The van der Waals surface area contributed by atoms with Crippen LogP contribution in [0.1, 0.15) is 41.4 Å². The Morgan fingerprint density at radius 1 is 1.26 bits per heavy atom. The van der Waals surface area contributed by atoms with Gasteiger partial charge >= 0.3 is 0 Å². The van der Waals surface area contributed by atoms with Crippen molar-refractivity contribution in [3.63, 3.8) is 0 Å². The molecular formula is C23H25ClN6O4. The van der Waals surface area contributed by atoms with Gasteiger partial charge in [0.25, 0.3) is 11.5 Å². The van der Waals surface area contributed by atoms with Crippen molar-refractivity contribution in [1.82, 2.24) is 24.9 Å². The lowest BCUT2D eigenvalue weighted by atomic mass is 10.1. The molecule has 11 heteroatoms. The van der Waals surface area contributed by atoms with Crippen molar-refractivity contribution in [3.8, 4) is 11.3 Å². The Morgan fingerprint density at radius 2 is 2.00 bits per heavy atom. The number of pyridine rings is 1. The number of amides is 1. The van der Waals surface area contributed by atoms with Gasteiger partial charge in [-0.2, -0.15) is 5.10 Å². The van der Waals surface area contributed by atoms with E-state index in [9.17, 15) is 19.8 Å². The molecule has 4 aromatic rings. The van der Waals surface area contributed by atoms with Crippen LogP contribution < -0.4 is 16.6 Å². The predicted molar refractivity (Wildman–Crippen MR) is 129 cm³/mol. The normalized spacial score (nSPS) is 11.7. The average Bonchev–Trinajstić information content (AvgIpc) is 3.20. The molecule has 0 aliphatic rings. The van der Waals surface area contributed by atoms with E-state index in [0.717, 1.165) is 0 Å². The van der Waals surface area contributed by atoms with Gasteiger partial charge in [-0.1, -0.05) is 31.2 Å². The van der Waals surface area contributed by atoms with Gasteiger partial charge in [0.15, 0.2) is 5.82 Å². The maximum absolute atomic E-state index is 12.7. The second kappa shape index (κ2) is 10.5. The van der Waals surface area contributed by atoms with Gasteiger partial charge in [-0.15, -0.1) is 0 Å². The molecule has 4 rings (SSSR count). The Hall–Kier alpha value is -3.73. The number of anilines is 1. The van der Waals surface area contributed by atoms with Gasteiger partial charge in [0.05, 0.1) is 18.4 Å². The van der Waals surface area contributed by atoms with Crippen molar-refractivity contribution in [2.24, 2.45) is 0 Å². The van der Waals surface area contributed by atoms with Gasteiger partial charge in [-0.05, 0) is 36.2 Å². The number of fused-ring (bicyclic) bond motifs is 1. The number of nitrogen functional groups attached to an aromatic ring is 1. The molecule has 0 aliphatic heterocycles. The Morgan fingerprint density at radius 3 is 2.71 bits per heavy atom. The first kappa shape index (κ1) is 24.9. The zero-order chi connectivity index (χ0) is 23.5. The van der Waals surface area contributed by atoms with Crippen LogP contribution in [-0.4, -0.2) is 42.2 Å². The number of benzene rings is 1. The average molecular weight is 485 g/mol. The first-order chi connectivity index (χ1) is 15.9. The fraction of sp³-hybridized carbons (Fsp3) is 0.217. The zero-order valence-corrected chi connectivity index (χ0v) is 18.1. The van der Waals surface area contributed by atoms with Crippen molar-refractivity contribution in [1.29, 1.82) is 0 Å². The lowest BCUT2D eigenvalue weighted by Crippen LogP contribution is -2.30. The molecule has 0 radical (unpaired) electrons. The molecule has 178 valence electrons. The second-order valence-electron chi connectivity index (χ2n) is 7.36. The number of carbonyl (C=O) groups excluding carboxylic acids is 1. The smallest absolute Gasteiger partial charge is 0.260 e. The van der Waals surface area contributed by atoms with Crippen LogP contribution in [0.5, 0.6) is 0 Å². The monoisotopic (exact) mass is 484 g/mol. The minimum Gasteiger partial charge on any atom is -0.392 e. The number of nitrogens with zero attached hydrogens (tertiary/aromatic N) is 3. The molecule has 3 aromatic heterocycles. The summed E-state index contributed by atoms with van der Waals surface area (Å²) < 4.78 is 1.49. The second-order valence-corrected chi connectivity index (χ2v) is 7.80. The number of aliphatic hydroxyl groups excluding tert-OH is 2. The maximum Gasteiger partial charge on any atom is 0.260 e. The quantitative estimate of drug-likeness (QED) is 0.269. The first-order valence-electron chi connectivity index (χ1n) is 10.1. The molecule has 0 spiro atoms. The van der Waals surface area contributed by atoms with Crippen molar-refractivity contribution in [3.05, 3.63) is 81.0 Å². The van der Waals surface area contributed by atoms with Gasteiger partial charge in [0.2, 0.25) is 0 Å². The molecule has 0 unspecified atom stereocenters. The topological polar surface area (TPSA) is 159 Å². The van der Waals surface area contributed by atoms with E-state index in [1.807, 2.05) is 0 Å². The summed E-state index contributed by atoms with van der Waals surface area (Å²) in [4.78, 5) is 31.5. The number of aliphatic hydroxyl groups is 2. The van der Waals surface area contributed by atoms with Gasteiger partial charge in [-0.25, -0.2) is 9.50 Å². The summed E-state index contributed by atoms with van der Waals surface area (Å²) >= 11 is 5.85. The third-order valence-electron chi connectivity index (χ3n) is 5.23. The van der Waals surface area contributed by atoms with E-state index >= 15 is 0 Å². The van der Waals surface area contributed by atoms with Gasteiger partial charge < -0.3 is 26.2 Å². The minimum atomic E-state index is -0.790. The summed E-state index contributed by atoms with van der Waals surface area (Å²) in [6.07, 6.45) is 2.19. The van der Waals surface area contributed by atoms with Crippen molar-refractivity contribution in [2.45, 2.75) is 26.6 Å². The number of aromatic amines is 1. The van der Waals surface area contributed by atoms with Crippen molar-refractivity contribution in [2.75, 3.05) is 12.3 Å². The maximum atomic E-state index is 12.7. The Kier molecular flexibility index (Phi) is 7.67. The van der Waals surface area contributed by atoms with E-state index in [1.54, 1.807) is 30.3 Å². The number of halogens is 1. The summed E-state index contributed by atoms with van der Waals surface area (Å²) in [5.74, 6) is -0.388. The highest BCUT2D eigenvalue weighted by Gasteiger charge is 2.18. The molecule has 6 N–H and O–H groups in total. The van der Waals surface area contributed by atoms with Crippen LogP contribution in [0.2, 0.25) is 5.02 Å². The highest BCUT2D eigenvalue weighted by molar-refractivity contribution is 6.30. The molecule has 34 heavy (non-hydrogen) atoms. The standard InChI is InChI=1S/C22H21ClN6O4.CH4/c23-15-3-1-12(2-4-15)18(31)5-6-25-21(32)16-7-13(9-26-22(16)33)17-8-14(10-30)19-20(24)27-11-28-29(17)19;/h1-4,7-9,11,18,30-31H,5-6,10H2,(H,25,32)(H,26,33)(H2,24,27,28);1H4/t18-;/m0./s1. The third kappa shape index (κ3) is 4.93. The first-order valence-corrected chi connectivity index (χ1v) is 10.4. The summed E-state index contributed by atoms with van der Waals surface area (Å²) in [5, 5.41) is 27.3. The molecule has 0 bridgehead atoms. The largest absolute Gasteiger partial charge is 0.392 e. The third-order valence-corrected chi connectivity index (χ3v) is 5.49. The molecule has 1 amide bonds. The fourth-order valence-corrected chi connectivity index (χ4v) is 3.67. The number of hydrogen-bond donors (Lipinski definition) is 5. The Bertz CT molecular complexity index is 1370. The number of nitrogens with one attached hydrogen (secondary N) is 2. The highest BCUT2D eigenvalue weighted by Crippen LogP contribution is 2.27. The van der Waals surface area contributed by atoms with Crippen LogP contribution in [0.25, 0.3) is 16.8 Å². The lowest BCUT2D eigenvalue weighted by molar-refractivity contribution is 0.0941. The molecule has 0 saturated heterocycles. The molecule has 0 fully saturated rings.